The minimum atomic E-state index is -0.560. The van der Waals surface area contributed by atoms with Gasteiger partial charge in [-0.25, -0.2) is 4.39 Å². The average Bonchev–Trinajstić information content (AvgIpc) is 2.68. The van der Waals surface area contributed by atoms with Crippen molar-refractivity contribution in [1.29, 1.82) is 0 Å². The van der Waals surface area contributed by atoms with Crippen molar-refractivity contribution in [3.63, 3.8) is 0 Å². The molecule has 152 valence electrons. The van der Waals surface area contributed by atoms with Gasteiger partial charge < -0.3 is 15.5 Å². The number of piperazine rings is 1. The van der Waals surface area contributed by atoms with Crippen LogP contribution in [0.1, 0.15) is 31.2 Å². The van der Waals surface area contributed by atoms with Gasteiger partial charge in [-0.15, -0.1) is 0 Å². The molecule has 0 bridgehead atoms. The standard InChI is InChI=1S/C20H27FN4O3/c21-16-6-4-15(5-7-16)14-25-12-9-23-20(28)17(25)13-18(26)22-8-11-24-10-2-1-3-19(24)27/h4-7,17H,1-3,8-14H2,(H,22,26)(H,23,28). The highest BCUT2D eigenvalue weighted by Gasteiger charge is 2.31. The molecule has 8 heteroatoms. The minimum Gasteiger partial charge on any atom is -0.354 e. The van der Waals surface area contributed by atoms with E-state index in [0.717, 1.165) is 24.9 Å². The second-order valence-electron chi connectivity index (χ2n) is 7.30. The number of carbonyl (C=O) groups is 3. The molecule has 2 saturated heterocycles. The Morgan fingerprint density at radius 3 is 2.71 bits per heavy atom. The SMILES string of the molecule is O=C(CC1C(=O)NCCN1Cc1ccc(F)cc1)NCCN1CCCCC1=O. The largest absolute Gasteiger partial charge is 0.354 e. The number of nitrogens with one attached hydrogen (secondary N) is 2. The van der Waals surface area contributed by atoms with Gasteiger partial charge in [0.15, 0.2) is 0 Å². The molecule has 1 atom stereocenters. The lowest BCUT2D eigenvalue weighted by molar-refractivity contribution is -0.134. The quantitative estimate of drug-likeness (QED) is 0.716. The van der Waals surface area contributed by atoms with Gasteiger partial charge in [0.1, 0.15) is 5.82 Å². The predicted octanol–water partition coefficient (Wildman–Crippen LogP) is 0.645. The summed E-state index contributed by atoms with van der Waals surface area (Å²) in [6.07, 6.45) is 2.57. The van der Waals surface area contributed by atoms with Gasteiger partial charge in [-0.3, -0.25) is 19.3 Å². The van der Waals surface area contributed by atoms with Gasteiger partial charge in [0.2, 0.25) is 17.7 Å². The minimum absolute atomic E-state index is 0.0565. The Hall–Kier alpha value is -2.48. The Balaban J connectivity index is 1.50. The summed E-state index contributed by atoms with van der Waals surface area (Å²) in [6, 6.07) is 5.60. The van der Waals surface area contributed by atoms with E-state index in [4.69, 9.17) is 0 Å². The highest BCUT2D eigenvalue weighted by Crippen LogP contribution is 2.14. The summed E-state index contributed by atoms with van der Waals surface area (Å²) >= 11 is 0. The number of benzene rings is 1. The highest BCUT2D eigenvalue weighted by molar-refractivity contribution is 5.88. The molecule has 0 radical (unpaired) electrons. The number of carbonyl (C=O) groups excluding carboxylic acids is 3. The Morgan fingerprint density at radius 1 is 1.18 bits per heavy atom. The molecule has 3 amide bonds. The van der Waals surface area contributed by atoms with Crippen molar-refractivity contribution in [1.82, 2.24) is 20.4 Å². The molecular formula is C20H27FN4O3. The fourth-order valence-electron chi connectivity index (χ4n) is 3.67. The van der Waals surface area contributed by atoms with Gasteiger partial charge in [0.05, 0.1) is 12.5 Å². The number of rotatable bonds is 7. The lowest BCUT2D eigenvalue weighted by Crippen LogP contribution is -2.56. The first-order valence-electron chi connectivity index (χ1n) is 9.83. The fourth-order valence-corrected chi connectivity index (χ4v) is 3.67. The zero-order valence-corrected chi connectivity index (χ0v) is 16.0. The van der Waals surface area contributed by atoms with Crippen molar-refractivity contribution in [3.8, 4) is 0 Å². The number of piperidine rings is 1. The van der Waals surface area contributed by atoms with E-state index in [2.05, 4.69) is 10.6 Å². The Kier molecular flexibility index (Phi) is 6.97. The van der Waals surface area contributed by atoms with Gasteiger partial charge in [-0.1, -0.05) is 12.1 Å². The lowest BCUT2D eigenvalue weighted by Gasteiger charge is -2.34. The van der Waals surface area contributed by atoms with Crippen LogP contribution in [0.4, 0.5) is 4.39 Å². The van der Waals surface area contributed by atoms with Crippen LogP contribution in [0.3, 0.4) is 0 Å². The monoisotopic (exact) mass is 390 g/mol. The van der Waals surface area contributed by atoms with Crippen LogP contribution in [0.15, 0.2) is 24.3 Å². The van der Waals surface area contributed by atoms with E-state index in [1.54, 1.807) is 17.0 Å². The van der Waals surface area contributed by atoms with Crippen molar-refractivity contribution in [3.05, 3.63) is 35.6 Å². The molecule has 2 fully saturated rings. The second kappa shape index (κ2) is 9.64. The number of hydrogen-bond acceptors (Lipinski definition) is 4. The van der Waals surface area contributed by atoms with Crippen LogP contribution in [0.25, 0.3) is 0 Å². The topological polar surface area (TPSA) is 81.8 Å². The van der Waals surface area contributed by atoms with E-state index < -0.39 is 6.04 Å². The predicted molar refractivity (Wildman–Crippen MR) is 102 cm³/mol. The van der Waals surface area contributed by atoms with Crippen LogP contribution in [-0.2, 0) is 20.9 Å². The Labute approximate surface area is 164 Å². The zero-order chi connectivity index (χ0) is 19.9. The molecule has 1 aromatic rings. The Morgan fingerprint density at radius 2 is 1.96 bits per heavy atom. The normalized spacial score (nSPS) is 20.8. The van der Waals surface area contributed by atoms with Crippen LogP contribution in [-0.4, -0.2) is 66.3 Å². The molecule has 0 aromatic heterocycles. The first-order chi connectivity index (χ1) is 13.5. The van der Waals surface area contributed by atoms with Gasteiger partial charge in [0, 0.05) is 45.7 Å². The van der Waals surface area contributed by atoms with Crippen LogP contribution < -0.4 is 10.6 Å². The number of nitrogens with zero attached hydrogens (tertiary/aromatic N) is 2. The van der Waals surface area contributed by atoms with Crippen LogP contribution in [0, 0.1) is 5.82 Å². The summed E-state index contributed by atoms with van der Waals surface area (Å²) in [5, 5.41) is 5.62. The first kappa shape index (κ1) is 20.3. The van der Waals surface area contributed by atoms with Gasteiger partial charge in [-0.2, -0.15) is 0 Å². The van der Waals surface area contributed by atoms with Crippen LogP contribution in [0.2, 0.25) is 0 Å². The summed E-state index contributed by atoms with van der Waals surface area (Å²) in [7, 11) is 0. The number of hydrogen-bond donors (Lipinski definition) is 2. The van der Waals surface area contributed by atoms with Gasteiger partial charge >= 0.3 is 0 Å². The number of halogens is 1. The summed E-state index contributed by atoms with van der Waals surface area (Å²) in [4.78, 5) is 40.2. The zero-order valence-electron chi connectivity index (χ0n) is 16.0. The molecule has 2 N–H and O–H groups in total. The third-order valence-corrected chi connectivity index (χ3v) is 5.24. The molecule has 2 aliphatic heterocycles. The summed E-state index contributed by atoms with van der Waals surface area (Å²) < 4.78 is 13.1. The first-order valence-corrected chi connectivity index (χ1v) is 9.83. The van der Waals surface area contributed by atoms with E-state index >= 15 is 0 Å². The smallest absolute Gasteiger partial charge is 0.237 e. The van der Waals surface area contributed by atoms with Crippen molar-refractivity contribution >= 4 is 17.7 Å². The summed E-state index contributed by atoms with van der Waals surface area (Å²) in [6.45, 7) is 3.26. The van der Waals surface area contributed by atoms with E-state index in [1.165, 1.54) is 12.1 Å². The molecule has 0 aliphatic carbocycles. The maximum atomic E-state index is 13.1. The van der Waals surface area contributed by atoms with Crippen molar-refractivity contribution in [2.24, 2.45) is 0 Å². The fraction of sp³-hybridized carbons (Fsp3) is 0.550. The maximum absolute atomic E-state index is 13.1. The molecule has 1 unspecified atom stereocenters. The second-order valence-corrected chi connectivity index (χ2v) is 7.30. The van der Waals surface area contributed by atoms with Gasteiger partial charge in [0.25, 0.3) is 0 Å². The average molecular weight is 390 g/mol. The molecule has 0 spiro atoms. The van der Waals surface area contributed by atoms with Crippen molar-refractivity contribution < 1.29 is 18.8 Å². The molecule has 28 heavy (non-hydrogen) atoms. The highest BCUT2D eigenvalue weighted by atomic mass is 19.1. The van der Waals surface area contributed by atoms with Crippen molar-refractivity contribution in [2.75, 3.05) is 32.7 Å². The molecule has 2 heterocycles. The van der Waals surface area contributed by atoms with Crippen molar-refractivity contribution in [2.45, 2.75) is 38.3 Å². The molecular weight excluding hydrogens is 363 g/mol. The lowest BCUT2D eigenvalue weighted by atomic mass is 10.1. The third kappa shape index (κ3) is 5.51. The molecule has 1 aromatic carbocycles. The summed E-state index contributed by atoms with van der Waals surface area (Å²) in [5.41, 5.74) is 0.894. The van der Waals surface area contributed by atoms with Gasteiger partial charge in [-0.05, 0) is 30.5 Å². The van der Waals surface area contributed by atoms with Crippen LogP contribution >= 0.6 is 0 Å². The Bertz CT molecular complexity index is 710. The van der Waals surface area contributed by atoms with E-state index in [-0.39, 0.29) is 30.0 Å². The maximum Gasteiger partial charge on any atom is 0.237 e. The van der Waals surface area contributed by atoms with E-state index in [9.17, 15) is 18.8 Å². The third-order valence-electron chi connectivity index (χ3n) is 5.24. The molecule has 7 nitrogen and oxygen atoms in total. The number of likely N-dealkylation sites (tertiary alicyclic amines) is 1. The molecule has 0 saturated carbocycles. The molecule has 2 aliphatic rings. The van der Waals surface area contributed by atoms with E-state index in [1.807, 2.05) is 4.90 Å². The van der Waals surface area contributed by atoms with E-state index in [0.29, 0.717) is 39.1 Å². The number of amides is 3. The summed E-state index contributed by atoms with van der Waals surface area (Å²) in [5.74, 6) is -0.550. The van der Waals surface area contributed by atoms with Crippen LogP contribution in [0.5, 0.6) is 0 Å². The molecule has 3 rings (SSSR count).